The van der Waals surface area contributed by atoms with E-state index in [1.54, 1.807) is 0 Å². The van der Waals surface area contributed by atoms with Gasteiger partial charge in [-0.2, -0.15) is 10.2 Å². The van der Waals surface area contributed by atoms with E-state index in [2.05, 4.69) is 32.1 Å². The van der Waals surface area contributed by atoms with Gasteiger partial charge in [0.25, 0.3) is 0 Å². The van der Waals surface area contributed by atoms with Crippen LogP contribution in [0.3, 0.4) is 0 Å². The minimum absolute atomic E-state index is 0.507. The number of nitriles is 1. The zero-order valence-corrected chi connectivity index (χ0v) is 10.6. The van der Waals surface area contributed by atoms with Crippen molar-refractivity contribution in [1.82, 2.24) is 10.1 Å². The van der Waals surface area contributed by atoms with Crippen LogP contribution >= 0.6 is 15.9 Å². The summed E-state index contributed by atoms with van der Waals surface area (Å²) in [6, 6.07) is 9.80. The van der Waals surface area contributed by atoms with Gasteiger partial charge in [-0.05, 0) is 18.6 Å². The van der Waals surface area contributed by atoms with Crippen molar-refractivity contribution >= 4 is 15.9 Å². The summed E-state index contributed by atoms with van der Waals surface area (Å²) in [5.74, 6) is 1.15. The second-order valence-electron chi connectivity index (χ2n) is 3.50. The molecule has 0 N–H and O–H groups in total. The van der Waals surface area contributed by atoms with Crippen LogP contribution in [-0.4, -0.2) is 10.1 Å². The number of benzene rings is 1. The molecular weight excluding hydrogens is 282 g/mol. The summed E-state index contributed by atoms with van der Waals surface area (Å²) >= 11 is 3.44. The Balaban J connectivity index is 2.14. The van der Waals surface area contributed by atoms with Gasteiger partial charge >= 0.3 is 0 Å². The molecule has 4 nitrogen and oxygen atoms in total. The van der Waals surface area contributed by atoms with Crippen LogP contribution in [0.25, 0.3) is 11.4 Å². The quantitative estimate of drug-likeness (QED) is 0.811. The van der Waals surface area contributed by atoms with E-state index in [9.17, 15) is 0 Å². The third kappa shape index (κ3) is 2.92. The first kappa shape index (κ1) is 11.8. The second kappa shape index (κ2) is 5.60. The Kier molecular flexibility index (Phi) is 3.89. The molecule has 0 saturated heterocycles. The highest BCUT2D eigenvalue weighted by molar-refractivity contribution is 9.10. The highest BCUT2D eigenvalue weighted by atomic mass is 79.9. The van der Waals surface area contributed by atoms with Gasteiger partial charge in [0.2, 0.25) is 11.7 Å². The molecule has 0 amide bonds. The van der Waals surface area contributed by atoms with E-state index in [4.69, 9.17) is 9.78 Å². The number of unbranched alkanes of at least 4 members (excludes halogenated alkanes) is 1. The topological polar surface area (TPSA) is 62.7 Å². The van der Waals surface area contributed by atoms with Crippen molar-refractivity contribution in [2.45, 2.75) is 19.3 Å². The summed E-state index contributed by atoms with van der Waals surface area (Å²) in [5.41, 5.74) is 0.905. The molecule has 0 bridgehead atoms. The fourth-order valence-corrected chi connectivity index (χ4v) is 1.89. The smallest absolute Gasteiger partial charge is 0.226 e. The molecule has 86 valence electrons. The van der Waals surface area contributed by atoms with Crippen LogP contribution in [-0.2, 0) is 6.42 Å². The van der Waals surface area contributed by atoms with Crippen molar-refractivity contribution in [2.75, 3.05) is 0 Å². The Morgan fingerprint density at radius 2 is 2.18 bits per heavy atom. The Hall–Kier alpha value is -1.67. The van der Waals surface area contributed by atoms with E-state index in [0.29, 0.717) is 24.6 Å². The van der Waals surface area contributed by atoms with Crippen molar-refractivity contribution in [3.05, 3.63) is 34.6 Å². The van der Waals surface area contributed by atoms with Crippen LogP contribution in [0.15, 0.2) is 33.3 Å². The van der Waals surface area contributed by atoms with Crippen molar-refractivity contribution < 1.29 is 4.52 Å². The molecule has 0 saturated carbocycles. The average Bonchev–Trinajstić information content (AvgIpc) is 2.79. The molecule has 0 spiro atoms. The van der Waals surface area contributed by atoms with Gasteiger partial charge in [0.15, 0.2) is 0 Å². The molecule has 0 radical (unpaired) electrons. The SMILES string of the molecule is N#CCCCc1nc(-c2ccccc2Br)no1. The number of hydrogen-bond donors (Lipinski definition) is 0. The minimum atomic E-state index is 0.507. The first-order valence-corrected chi connectivity index (χ1v) is 6.05. The van der Waals surface area contributed by atoms with Crippen LogP contribution in [0, 0.1) is 11.3 Å². The van der Waals surface area contributed by atoms with E-state index in [1.807, 2.05) is 24.3 Å². The lowest BCUT2D eigenvalue weighted by Crippen LogP contribution is -1.86. The molecule has 2 aromatic rings. The standard InChI is InChI=1S/C12H10BrN3O/c13-10-6-2-1-5-9(10)12-15-11(17-16-12)7-3-4-8-14/h1-2,5-6H,3-4,7H2. The van der Waals surface area contributed by atoms with Crippen molar-refractivity contribution in [3.8, 4) is 17.5 Å². The highest BCUT2D eigenvalue weighted by Gasteiger charge is 2.10. The molecule has 5 heteroatoms. The first-order chi connectivity index (χ1) is 8.31. The molecule has 1 aromatic carbocycles. The number of hydrogen-bond acceptors (Lipinski definition) is 4. The maximum atomic E-state index is 8.44. The van der Waals surface area contributed by atoms with Gasteiger partial charge < -0.3 is 4.52 Å². The maximum absolute atomic E-state index is 8.44. The Morgan fingerprint density at radius 1 is 1.35 bits per heavy atom. The summed E-state index contributed by atoms with van der Waals surface area (Å²) in [4.78, 5) is 4.30. The van der Waals surface area contributed by atoms with E-state index < -0.39 is 0 Å². The Labute approximate surface area is 107 Å². The molecule has 0 unspecified atom stereocenters. The van der Waals surface area contributed by atoms with Gasteiger partial charge in [0.05, 0.1) is 6.07 Å². The lowest BCUT2D eigenvalue weighted by Gasteiger charge is -1.96. The highest BCUT2D eigenvalue weighted by Crippen LogP contribution is 2.25. The Morgan fingerprint density at radius 3 is 2.94 bits per heavy atom. The fraction of sp³-hybridized carbons (Fsp3) is 0.250. The number of aromatic nitrogens is 2. The van der Waals surface area contributed by atoms with E-state index >= 15 is 0 Å². The predicted molar refractivity (Wildman–Crippen MR) is 66.0 cm³/mol. The Bertz CT molecular complexity index is 545. The number of rotatable bonds is 4. The van der Waals surface area contributed by atoms with E-state index in [0.717, 1.165) is 16.5 Å². The largest absolute Gasteiger partial charge is 0.339 e. The summed E-state index contributed by atoms with van der Waals surface area (Å²) < 4.78 is 6.06. The van der Waals surface area contributed by atoms with Crippen molar-refractivity contribution in [3.63, 3.8) is 0 Å². The summed E-state index contributed by atoms with van der Waals surface area (Å²) in [5, 5.41) is 12.4. The lowest BCUT2D eigenvalue weighted by atomic mass is 10.2. The second-order valence-corrected chi connectivity index (χ2v) is 4.36. The van der Waals surface area contributed by atoms with Gasteiger partial charge in [-0.1, -0.05) is 33.2 Å². The normalized spacial score (nSPS) is 10.1. The average molecular weight is 292 g/mol. The van der Waals surface area contributed by atoms with Gasteiger partial charge in [-0.3, -0.25) is 0 Å². The minimum Gasteiger partial charge on any atom is -0.339 e. The predicted octanol–water partition coefficient (Wildman–Crippen LogP) is 3.35. The molecular formula is C12H10BrN3O. The molecule has 0 atom stereocenters. The number of aryl methyl sites for hydroxylation is 1. The summed E-state index contributed by atoms with van der Waals surface area (Å²) in [6.45, 7) is 0. The van der Waals surface area contributed by atoms with E-state index in [1.165, 1.54) is 0 Å². The number of nitrogens with zero attached hydrogens (tertiary/aromatic N) is 3. The lowest BCUT2D eigenvalue weighted by molar-refractivity contribution is 0.376. The molecule has 17 heavy (non-hydrogen) atoms. The van der Waals surface area contributed by atoms with Crippen LogP contribution in [0.4, 0.5) is 0 Å². The molecule has 0 aliphatic heterocycles. The fourth-order valence-electron chi connectivity index (χ4n) is 1.43. The molecule has 0 aliphatic carbocycles. The molecule has 1 heterocycles. The van der Waals surface area contributed by atoms with Crippen LogP contribution in [0.2, 0.25) is 0 Å². The summed E-state index contributed by atoms with van der Waals surface area (Å²) in [6.07, 6.45) is 1.89. The number of halogens is 1. The third-order valence-corrected chi connectivity index (χ3v) is 2.95. The molecule has 1 aromatic heterocycles. The van der Waals surface area contributed by atoms with Gasteiger partial charge in [0, 0.05) is 22.9 Å². The summed E-state index contributed by atoms with van der Waals surface area (Å²) in [7, 11) is 0. The van der Waals surface area contributed by atoms with Crippen LogP contribution in [0.1, 0.15) is 18.7 Å². The van der Waals surface area contributed by atoms with Crippen LogP contribution in [0.5, 0.6) is 0 Å². The van der Waals surface area contributed by atoms with E-state index in [-0.39, 0.29) is 0 Å². The van der Waals surface area contributed by atoms with Gasteiger partial charge in [0.1, 0.15) is 0 Å². The molecule has 2 rings (SSSR count). The molecule has 0 fully saturated rings. The first-order valence-electron chi connectivity index (χ1n) is 5.25. The van der Waals surface area contributed by atoms with Crippen LogP contribution < -0.4 is 0 Å². The molecule has 0 aliphatic rings. The van der Waals surface area contributed by atoms with Crippen molar-refractivity contribution in [1.29, 1.82) is 5.26 Å². The van der Waals surface area contributed by atoms with Crippen molar-refractivity contribution in [2.24, 2.45) is 0 Å². The zero-order chi connectivity index (χ0) is 12.1. The zero-order valence-electron chi connectivity index (χ0n) is 9.06. The maximum Gasteiger partial charge on any atom is 0.226 e. The third-order valence-electron chi connectivity index (χ3n) is 2.26. The monoisotopic (exact) mass is 291 g/mol. The van der Waals surface area contributed by atoms with Gasteiger partial charge in [-0.25, -0.2) is 0 Å². The van der Waals surface area contributed by atoms with Gasteiger partial charge in [-0.15, -0.1) is 0 Å².